The fourth-order valence-corrected chi connectivity index (χ4v) is 3.38. The number of rotatable bonds is 8. The van der Waals surface area contributed by atoms with E-state index in [0.717, 1.165) is 64.6 Å². The van der Waals surface area contributed by atoms with Gasteiger partial charge in [0.25, 0.3) is 0 Å². The minimum atomic E-state index is 0.420. The number of likely N-dealkylation sites (tertiary alicyclic amines) is 1. The van der Waals surface area contributed by atoms with E-state index in [9.17, 15) is 0 Å². The highest BCUT2D eigenvalue weighted by molar-refractivity contribution is 5.79. The second-order valence-corrected chi connectivity index (χ2v) is 6.38. The molecule has 0 unspecified atom stereocenters. The third kappa shape index (κ3) is 6.24. The second kappa shape index (κ2) is 11.0. The van der Waals surface area contributed by atoms with Crippen molar-refractivity contribution in [2.24, 2.45) is 4.99 Å². The molecule has 0 spiro atoms. The van der Waals surface area contributed by atoms with Crippen molar-refractivity contribution < 1.29 is 4.74 Å². The highest BCUT2D eigenvalue weighted by Crippen LogP contribution is 2.14. The monoisotopic (exact) mass is 346 g/mol. The van der Waals surface area contributed by atoms with E-state index < -0.39 is 0 Å². The highest BCUT2D eigenvalue weighted by Gasteiger charge is 2.21. The summed E-state index contributed by atoms with van der Waals surface area (Å²) in [6.45, 7) is 10.2. The van der Waals surface area contributed by atoms with E-state index in [-0.39, 0.29) is 0 Å². The van der Waals surface area contributed by atoms with Crippen LogP contribution in [0.4, 0.5) is 5.69 Å². The summed E-state index contributed by atoms with van der Waals surface area (Å²) in [6, 6.07) is 10.6. The van der Waals surface area contributed by atoms with E-state index in [4.69, 9.17) is 4.74 Å². The SMILES string of the molecule is CCOC1CCN(C(=NC)NCCCN(CC)c2ccccc2)CC1. The average Bonchev–Trinajstić information content (AvgIpc) is 2.67. The van der Waals surface area contributed by atoms with Crippen molar-refractivity contribution in [3.8, 4) is 0 Å². The van der Waals surface area contributed by atoms with Crippen molar-refractivity contribution in [1.29, 1.82) is 0 Å². The Hall–Kier alpha value is -1.75. The first kappa shape index (κ1) is 19.6. The van der Waals surface area contributed by atoms with Gasteiger partial charge in [-0.1, -0.05) is 18.2 Å². The molecular weight excluding hydrogens is 312 g/mol. The summed E-state index contributed by atoms with van der Waals surface area (Å²) in [5.41, 5.74) is 1.30. The Morgan fingerprint density at radius 3 is 2.56 bits per heavy atom. The van der Waals surface area contributed by atoms with Crippen LogP contribution in [0, 0.1) is 0 Å². The lowest BCUT2D eigenvalue weighted by molar-refractivity contribution is 0.0264. The summed E-state index contributed by atoms with van der Waals surface area (Å²) in [5, 5.41) is 3.53. The molecule has 1 fully saturated rings. The Bertz CT molecular complexity index is 498. The van der Waals surface area contributed by atoms with Crippen molar-refractivity contribution in [3.05, 3.63) is 30.3 Å². The van der Waals surface area contributed by atoms with Crippen molar-refractivity contribution in [3.63, 3.8) is 0 Å². The number of anilines is 1. The summed E-state index contributed by atoms with van der Waals surface area (Å²) in [5.74, 6) is 1.03. The van der Waals surface area contributed by atoms with E-state index in [1.165, 1.54) is 5.69 Å². The van der Waals surface area contributed by atoms with Gasteiger partial charge in [0, 0.05) is 52.1 Å². The van der Waals surface area contributed by atoms with Gasteiger partial charge >= 0.3 is 0 Å². The Kier molecular flexibility index (Phi) is 8.60. The summed E-state index contributed by atoms with van der Waals surface area (Å²) in [7, 11) is 1.87. The van der Waals surface area contributed by atoms with Gasteiger partial charge in [0.2, 0.25) is 0 Å². The van der Waals surface area contributed by atoms with Crippen LogP contribution in [0.15, 0.2) is 35.3 Å². The van der Waals surface area contributed by atoms with Gasteiger partial charge in [-0.15, -0.1) is 0 Å². The number of nitrogens with one attached hydrogen (secondary N) is 1. The molecule has 25 heavy (non-hydrogen) atoms. The quantitative estimate of drug-likeness (QED) is 0.446. The van der Waals surface area contributed by atoms with Gasteiger partial charge in [-0.05, 0) is 45.2 Å². The molecule has 140 valence electrons. The molecule has 0 radical (unpaired) electrons. The fourth-order valence-electron chi connectivity index (χ4n) is 3.38. The second-order valence-electron chi connectivity index (χ2n) is 6.38. The minimum absolute atomic E-state index is 0.420. The third-order valence-electron chi connectivity index (χ3n) is 4.75. The Morgan fingerprint density at radius 2 is 1.96 bits per heavy atom. The van der Waals surface area contributed by atoms with Crippen LogP contribution in [0.25, 0.3) is 0 Å². The first-order chi connectivity index (χ1) is 12.3. The lowest BCUT2D eigenvalue weighted by Gasteiger charge is -2.34. The number of hydrogen-bond acceptors (Lipinski definition) is 3. The molecule has 2 rings (SSSR count). The van der Waals surface area contributed by atoms with Crippen LogP contribution in [0.1, 0.15) is 33.1 Å². The summed E-state index contributed by atoms with van der Waals surface area (Å²) in [4.78, 5) is 9.22. The maximum absolute atomic E-state index is 5.73. The molecule has 0 atom stereocenters. The fraction of sp³-hybridized carbons (Fsp3) is 0.650. The molecule has 5 heteroatoms. The molecular formula is C20H34N4O. The summed E-state index contributed by atoms with van der Waals surface area (Å²) >= 11 is 0. The van der Waals surface area contributed by atoms with Crippen LogP contribution in [0.2, 0.25) is 0 Å². The Morgan fingerprint density at radius 1 is 1.24 bits per heavy atom. The normalized spacial score (nSPS) is 16.1. The summed E-state index contributed by atoms with van der Waals surface area (Å²) < 4.78 is 5.73. The molecule has 1 heterocycles. The molecule has 0 bridgehead atoms. The number of hydrogen-bond donors (Lipinski definition) is 1. The molecule has 1 saturated heterocycles. The van der Waals surface area contributed by atoms with Crippen LogP contribution in [-0.4, -0.2) is 63.3 Å². The predicted octanol–water partition coefficient (Wildman–Crippen LogP) is 2.98. The maximum atomic E-state index is 5.73. The van der Waals surface area contributed by atoms with E-state index in [0.29, 0.717) is 6.10 Å². The van der Waals surface area contributed by atoms with E-state index in [1.807, 2.05) is 7.05 Å². The van der Waals surface area contributed by atoms with Crippen molar-refractivity contribution >= 4 is 11.6 Å². The number of piperidine rings is 1. The van der Waals surface area contributed by atoms with Crippen molar-refractivity contribution in [2.45, 2.75) is 39.2 Å². The van der Waals surface area contributed by atoms with Crippen LogP contribution in [0.3, 0.4) is 0 Å². The number of guanidine groups is 1. The van der Waals surface area contributed by atoms with Gasteiger partial charge in [-0.2, -0.15) is 0 Å². The molecule has 1 aromatic carbocycles. The minimum Gasteiger partial charge on any atom is -0.378 e. The zero-order valence-electron chi connectivity index (χ0n) is 16.1. The van der Waals surface area contributed by atoms with Crippen LogP contribution in [-0.2, 0) is 4.74 Å². The molecule has 0 aliphatic carbocycles. The van der Waals surface area contributed by atoms with Gasteiger partial charge in [-0.25, -0.2) is 0 Å². The molecule has 0 aromatic heterocycles. The first-order valence-corrected chi connectivity index (χ1v) is 9.65. The zero-order chi connectivity index (χ0) is 17.9. The molecule has 1 N–H and O–H groups in total. The molecule has 1 aliphatic heterocycles. The summed E-state index contributed by atoms with van der Waals surface area (Å²) in [6.07, 6.45) is 3.69. The maximum Gasteiger partial charge on any atom is 0.193 e. The number of ether oxygens (including phenoxy) is 1. The zero-order valence-corrected chi connectivity index (χ0v) is 16.1. The van der Waals surface area contributed by atoms with Crippen LogP contribution >= 0.6 is 0 Å². The third-order valence-corrected chi connectivity index (χ3v) is 4.75. The van der Waals surface area contributed by atoms with Gasteiger partial charge in [0.05, 0.1) is 6.10 Å². The first-order valence-electron chi connectivity index (χ1n) is 9.65. The molecule has 5 nitrogen and oxygen atoms in total. The average molecular weight is 347 g/mol. The molecule has 0 amide bonds. The number of benzene rings is 1. The highest BCUT2D eigenvalue weighted by atomic mass is 16.5. The Labute approximate surface area is 153 Å². The topological polar surface area (TPSA) is 40.1 Å². The lowest BCUT2D eigenvalue weighted by atomic mass is 10.1. The van der Waals surface area contributed by atoms with Gasteiger partial charge in [-0.3, -0.25) is 4.99 Å². The van der Waals surface area contributed by atoms with Crippen LogP contribution in [0.5, 0.6) is 0 Å². The van der Waals surface area contributed by atoms with Gasteiger partial charge in [0.15, 0.2) is 5.96 Å². The molecule has 1 aliphatic rings. The number of aliphatic imine (C=N–C) groups is 1. The number of nitrogens with zero attached hydrogens (tertiary/aromatic N) is 3. The lowest BCUT2D eigenvalue weighted by Crippen LogP contribution is -2.47. The molecule has 0 saturated carbocycles. The van der Waals surface area contributed by atoms with Gasteiger partial charge < -0.3 is 19.9 Å². The van der Waals surface area contributed by atoms with Crippen molar-refractivity contribution in [2.75, 3.05) is 51.3 Å². The number of para-hydroxylation sites is 1. The molecule has 1 aromatic rings. The largest absolute Gasteiger partial charge is 0.378 e. The van der Waals surface area contributed by atoms with E-state index in [1.54, 1.807) is 0 Å². The predicted molar refractivity (Wildman–Crippen MR) is 107 cm³/mol. The van der Waals surface area contributed by atoms with Gasteiger partial charge in [0.1, 0.15) is 0 Å². The van der Waals surface area contributed by atoms with Crippen LogP contribution < -0.4 is 10.2 Å². The van der Waals surface area contributed by atoms with E-state index >= 15 is 0 Å². The van der Waals surface area contributed by atoms with Crippen molar-refractivity contribution in [1.82, 2.24) is 10.2 Å². The standard InChI is InChI=1S/C20H34N4O/c1-4-23(18-10-7-6-8-11-18)15-9-14-22-20(21-3)24-16-12-19(13-17-24)25-5-2/h6-8,10-11,19H,4-5,9,12-17H2,1-3H3,(H,21,22). The van der Waals surface area contributed by atoms with E-state index in [2.05, 4.69) is 64.3 Å². The Balaban J connectivity index is 1.71. The smallest absolute Gasteiger partial charge is 0.193 e.